The molecule has 0 fully saturated rings. The molecule has 1 N–H and O–H groups in total. The molecule has 17 heavy (non-hydrogen) atoms. The number of sulfonamides is 1. The topological polar surface area (TPSA) is 70.0 Å². The molecular weight excluding hydrogens is 256 g/mol. The highest BCUT2D eigenvalue weighted by Crippen LogP contribution is 2.17. The summed E-state index contributed by atoms with van der Waals surface area (Å²) in [5.41, 5.74) is 0. The number of hydrogen-bond donors (Lipinski definition) is 1. The minimum absolute atomic E-state index is 0.269. The van der Waals surface area contributed by atoms with Crippen LogP contribution in [0.1, 0.15) is 30.0 Å². The Hall–Kier alpha value is -0.900. The lowest BCUT2D eigenvalue weighted by atomic mass is 10.4. The van der Waals surface area contributed by atoms with Crippen molar-refractivity contribution in [2.24, 2.45) is 0 Å². The lowest BCUT2D eigenvalue weighted by Gasteiger charge is -2.08. The summed E-state index contributed by atoms with van der Waals surface area (Å²) in [6, 6.07) is 5.71. The first kappa shape index (κ1) is 14.2. The summed E-state index contributed by atoms with van der Waals surface area (Å²) < 4.78 is 25.9. The summed E-state index contributed by atoms with van der Waals surface area (Å²) in [6.45, 7) is 4.02. The van der Waals surface area contributed by atoms with E-state index in [9.17, 15) is 8.42 Å². The maximum absolute atomic E-state index is 11.7. The van der Waals surface area contributed by atoms with Gasteiger partial charge in [0.1, 0.15) is 0 Å². The third-order valence-electron chi connectivity index (χ3n) is 2.40. The van der Waals surface area contributed by atoms with Crippen LogP contribution in [0.5, 0.6) is 0 Å². The fourth-order valence-electron chi connectivity index (χ4n) is 1.36. The van der Waals surface area contributed by atoms with E-state index in [1.807, 2.05) is 12.1 Å². The second kappa shape index (κ2) is 6.15. The summed E-state index contributed by atoms with van der Waals surface area (Å²) in [6.07, 6.45) is 1.25. The van der Waals surface area contributed by atoms with Gasteiger partial charge in [0.2, 0.25) is 10.0 Å². The van der Waals surface area contributed by atoms with Crippen LogP contribution in [-0.4, -0.2) is 13.7 Å². The predicted molar refractivity (Wildman–Crippen MR) is 69.1 cm³/mol. The fraction of sp³-hybridized carbons (Fsp3) is 0.545. The smallest absolute Gasteiger partial charge is 0.211 e. The quantitative estimate of drug-likeness (QED) is 0.861. The first-order valence-electron chi connectivity index (χ1n) is 5.49. The van der Waals surface area contributed by atoms with Crippen molar-refractivity contribution in [3.05, 3.63) is 21.9 Å². The Bertz CT molecular complexity index is 500. The van der Waals surface area contributed by atoms with E-state index in [4.69, 9.17) is 5.26 Å². The summed E-state index contributed by atoms with van der Waals surface area (Å²) in [5.74, 6) is 0. The second-order valence-corrected chi connectivity index (χ2v) is 6.81. The van der Waals surface area contributed by atoms with Crippen LogP contribution in [0.15, 0.2) is 12.1 Å². The molecule has 0 saturated carbocycles. The molecule has 1 aromatic rings. The minimum atomic E-state index is -3.52. The lowest BCUT2D eigenvalue weighted by Crippen LogP contribution is -2.32. The number of nitrogens with zero attached hydrogens (tertiary/aromatic N) is 1. The number of thiophene rings is 1. The van der Waals surface area contributed by atoms with Crippen molar-refractivity contribution in [1.82, 2.24) is 4.72 Å². The minimum Gasteiger partial charge on any atom is -0.211 e. The Morgan fingerprint density at radius 3 is 2.53 bits per heavy atom. The van der Waals surface area contributed by atoms with Gasteiger partial charge in [0, 0.05) is 16.3 Å². The van der Waals surface area contributed by atoms with Crippen molar-refractivity contribution >= 4 is 21.4 Å². The Kier molecular flexibility index (Phi) is 5.12. The van der Waals surface area contributed by atoms with Crippen LogP contribution in [-0.2, 0) is 23.0 Å². The van der Waals surface area contributed by atoms with E-state index < -0.39 is 15.3 Å². The lowest BCUT2D eigenvalue weighted by molar-refractivity contribution is 0.573. The van der Waals surface area contributed by atoms with E-state index in [0.717, 1.165) is 11.3 Å². The largest absolute Gasteiger partial charge is 0.228 e. The normalized spacial score (nSPS) is 13.2. The highest BCUT2D eigenvalue weighted by atomic mass is 32.2. The zero-order valence-corrected chi connectivity index (χ0v) is 11.6. The van der Waals surface area contributed by atoms with Crippen LogP contribution >= 0.6 is 11.3 Å². The molecule has 1 atom stereocenters. The van der Waals surface area contributed by atoms with Crippen molar-refractivity contribution in [3.8, 4) is 6.07 Å². The van der Waals surface area contributed by atoms with Crippen molar-refractivity contribution in [2.45, 2.75) is 38.5 Å². The van der Waals surface area contributed by atoms with Crippen molar-refractivity contribution in [2.75, 3.05) is 0 Å². The summed E-state index contributed by atoms with van der Waals surface area (Å²) in [7, 11) is -3.52. The number of nitriles is 1. The average Bonchev–Trinajstić information content (AvgIpc) is 2.75. The molecule has 0 aliphatic rings. The van der Waals surface area contributed by atoms with Crippen LogP contribution < -0.4 is 4.72 Å². The highest BCUT2D eigenvalue weighted by molar-refractivity contribution is 7.90. The molecule has 0 spiro atoms. The van der Waals surface area contributed by atoms with Gasteiger partial charge < -0.3 is 0 Å². The molecule has 1 aromatic heterocycles. The van der Waals surface area contributed by atoms with E-state index in [-0.39, 0.29) is 6.54 Å². The van der Waals surface area contributed by atoms with Gasteiger partial charge in [-0.2, -0.15) is 5.26 Å². The predicted octanol–water partition coefficient (Wildman–Crippen LogP) is 2.03. The molecule has 0 amide bonds. The van der Waals surface area contributed by atoms with E-state index in [2.05, 4.69) is 11.6 Å². The average molecular weight is 272 g/mol. The van der Waals surface area contributed by atoms with Crippen LogP contribution in [0.4, 0.5) is 0 Å². The third kappa shape index (κ3) is 3.80. The summed E-state index contributed by atoms with van der Waals surface area (Å²) in [5, 5.41) is 7.77. The van der Waals surface area contributed by atoms with Crippen LogP contribution in [0.2, 0.25) is 0 Å². The molecule has 1 rings (SSSR count). The van der Waals surface area contributed by atoms with E-state index in [1.54, 1.807) is 24.3 Å². The molecule has 1 heterocycles. The number of rotatable bonds is 6. The van der Waals surface area contributed by atoms with Gasteiger partial charge in [-0.25, -0.2) is 13.1 Å². The van der Waals surface area contributed by atoms with Crippen molar-refractivity contribution in [3.63, 3.8) is 0 Å². The summed E-state index contributed by atoms with van der Waals surface area (Å²) in [4.78, 5) is 2.20. The zero-order chi connectivity index (χ0) is 12.9. The van der Waals surface area contributed by atoms with E-state index in [1.165, 1.54) is 4.88 Å². The molecule has 1 unspecified atom stereocenters. The molecule has 94 valence electrons. The number of hydrogen-bond acceptors (Lipinski definition) is 4. The fourth-order valence-corrected chi connectivity index (χ4v) is 3.48. The van der Waals surface area contributed by atoms with Gasteiger partial charge in [-0.05, 0) is 25.0 Å². The Morgan fingerprint density at radius 1 is 1.41 bits per heavy atom. The Balaban J connectivity index is 2.64. The van der Waals surface area contributed by atoms with Crippen molar-refractivity contribution < 1.29 is 8.42 Å². The van der Waals surface area contributed by atoms with Crippen LogP contribution in [0, 0.1) is 11.3 Å². The molecule has 0 bridgehead atoms. The van der Waals surface area contributed by atoms with Crippen molar-refractivity contribution in [1.29, 1.82) is 5.26 Å². The molecule has 0 aromatic carbocycles. The molecule has 0 aliphatic carbocycles. The van der Waals surface area contributed by atoms with Gasteiger partial charge in [-0.3, -0.25) is 0 Å². The van der Waals surface area contributed by atoms with Gasteiger partial charge in [0.15, 0.2) is 5.25 Å². The summed E-state index contributed by atoms with van der Waals surface area (Å²) >= 11 is 1.59. The molecule has 0 radical (unpaired) electrons. The number of aryl methyl sites for hydroxylation is 1. The van der Waals surface area contributed by atoms with Crippen LogP contribution in [0.25, 0.3) is 0 Å². The Morgan fingerprint density at radius 2 is 2.06 bits per heavy atom. The molecule has 6 heteroatoms. The van der Waals surface area contributed by atoms with Gasteiger partial charge in [-0.1, -0.05) is 13.8 Å². The zero-order valence-electron chi connectivity index (χ0n) is 9.93. The van der Waals surface area contributed by atoms with Gasteiger partial charge in [-0.15, -0.1) is 11.3 Å². The number of nitrogens with one attached hydrogen (secondary N) is 1. The van der Waals surface area contributed by atoms with Crippen LogP contribution in [0.3, 0.4) is 0 Å². The SMILES string of the molecule is CCc1ccc(CNS(=O)(=O)C(C#N)CC)s1. The highest BCUT2D eigenvalue weighted by Gasteiger charge is 2.22. The van der Waals surface area contributed by atoms with Gasteiger partial charge >= 0.3 is 0 Å². The standard InChI is InChI=1S/C11H16N2O2S2/c1-3-9-5-6-10(16-9)8-13-17(14,15)11(4-2)7-12/h5-6,11,13H,3-4,8H2,1-2H3. The maximum Gasteiger partial charge on any atom is 0.228 e. The first-order valence-corrected chi connectivity index (χ1v) is 7.85. The van der Waals surface area contributed by atoms with Gasteiger partial charge in [0.05, 0.1) is 6.07 Å². The molecule has 0 aliphatic heterocycles. The second-order valence-electron chi connectivity index (χ2n) is 3.61. The third-order valence-corrected chi connectivity index (χ3v) is 5.37. The van der Waals surface area contributed by atoms with Gasteiger partial charge in [0.25, 0.3) is 0 Å². The molecule has 4 nitrogen and oxygen atoms in total. The van der Waals surface area contributed by atoms with E-state index >= 15 is 0 Å². The van der Waals surface area contributed by atoms with E-state index in [0.29, 0.717) is 6.42 Å². The molecule has 0 saturated heterocycles. The molecular formula is C11H16N2O2S2. The maximum atomic E-state index is 11.7. The monoisotopic (exact) mass is 272 g/mol. The first-order chi connectivity index (χ1) is 8.03. The Labute approximate surface area is 106 Å².